The van der Waals surface area contributed by atoms with Crippen molar-refractivity contribution in [1.29, 1.82) is 5.26 Å². The fourth-order valence-corrected chi connectivity index (χ4v) is 3.59. The average Bonchev–Trinajstić information content (AvgIpc) is 3.21. The molecule has 5 heteroatoms. The molecule has 2 aromatic carbocycles. The molecule has 0 spiro atoms. The van der Waals surface area contributed by atoms with Crippen LogP contribution in [0.3, 0.4) is 0 Å². The summed E-state index contributed by atoms with van der Waals surface area (Å²) in [6, 6.07) is 23.1. The zero-order chi connectivity index (χ0) is 18.4. The molecule has 4 nitrogen and oxygen atoms in total. The van der Waals surface area contributed by atoms with Gasteiger partial charge in [0.25, 0.3) is 5.91 Å². The Morgan fingerprint density at radius 3 is 2.42 bits per heavy atom. The summed E-state index contributed by atoms with van der Waals surface area (Å²) in [7, 11) is 0. The number of hydrogen-bond donors (Lipinski definition) is 2. The predicted molar refractivity (Wildman–Crippen MR) is 104 cm³/mol. The molecule has 0 aliphatic rings. The second-order valence-electron chi connectivity index (χ2n) is 6.06. The highest BCUT2D eigenvalue weighted by Gasteiger charge is 2.25. The molecule has 3 rings (SSSR count). The predicted octanol–water partition coefficient (Wildman–Crippen LogP) is 3.30. The van der Waals surface area contributed by atoms with E-state index in [0.717, 1.165) is 0 Å². The minimum absolute atomic E-state index is 0.0628. The Morgan fingerprint density at radius 2 is 1.81 bits per heavy atom. The summed E-state index contributed by atoms with van der Waals surface area (Å²) in [5.74, 6) is -0.0628. The minimum Gasteiger partial charge on any atom is -0.326 e. The van der Waals surface area contributed by atoms with E-state index < -0.39 is 0 Å². The monoisotopic (exact) mass is 362 g/mol. The molecule has 3 aromatic rings. The second kappa shape index (κ2) is 8.43. The molecule has 0 aliphatic carbocycles. The lowest BCUT2D eigenvalue weighted by molar-refractivity contribution is -0.703. The van der Waals surface area contributed by atoms with Gasteiger partial charge >= 0.3 is 0 Å². The average molecular weight is 362 g/mol. The van der Waals surface area contributed by atoms with Gasteiger partial charge in [-0.25, -0.2) is 0 Å². The third-order valence-corrected chi connectivity index (χ3v) is 5.14. The van der Waals surface area contributed by atoms with E-state index in [1.165, 1.54) is 10.4 Å². The summed E-state index contributed by atoms with van der Waals surface area (Å²) in [5.41, 5.74) is 2.44. The standard InChI is InChI=1S/C21H19N3OS/c1-15(21(25)24-18-11-9-16(14-22)10-12-18)23-20(19-8-5-13-26-19)17-6-3-2-4-7-17/h2-13,15,20,23H,1H3,(H,24,25)/p+1/t15-,20+/m1/s1. The molecule has 1 amide bonds. The molecule has 0 saturated heterocycles. The highest BCUT2D eigenvalue weighted by Crippen LogP contribution is 2.22. The zero-order valence-electron chi connectivity index (χ0n) is 14.4. The number of quaternary nitrogens is 1. The Hall–Kier alpha value is -2.94. The lowest BCUT2D eigenvalue weighted by Crippen LogP contribution is -2.92. The van der Waals surface area contributed by atoms with Crippen LogP contribution in [-0.2, 0) is 4.79 Å². The van der Waals surface area contributed by atoms with E-state index in [2.05, 4.69) is 40.3 Å². The lowest BCUT2D eigenvalue weighted by Gasteiger charge is -2.19. The van der Waals surface area contributed by atoms with Gasteiger partial charge in [0.15, 0.2) is 6.04 Å². The van der Waals surface area contributed by atoms with Crippen molar-refractivity contribution in [3.63, 3.8) is 0 Å². The Kier molecular flexibility index (Phi) is 5.80. The van der Waals surface area contributed by atoms with Crippen LogP contribution in [0.1, 0.15) is 29.0 Å². The summed E-state index contributed by atoms with van der Waals surface area (Å²) in [6.07, 6.45) is 0. The number of anilines is 1. The molecule has 0 unspecified atom stereocenters. The number of nitrogens with one attached hydrogen (secondary N) is 1. The van der Waals surface area contributed by atoms with Gasteiger partial charge in [0.1, 0.15) is 6.04 Å². The largest absolute Gasteiger partial charge is 0.326 e. The van der Waals surface area contributed by atoms with Crippen LogP contribution in [-0.4, -0.2) is 11.9 Å². The number of thiophene rings is 1. The maximum absolute atomic E-state index is 12.6. The Labute approximate surface area is 157 Å². The highest BCUT2D eigenvalue weighted by atomic mass is 32.1. The number of benzene rings is 2. The number of nitrogens with zero attached hydrogens (tertiary/aromatic N) is 1. The second-order valence-corrected chi connectivity index (χ2v) is 7.04. The van der Waals surface area contributed by atoms with Gasteiger partial charge in [0, 0.05) is 11.3 Å². The van der Waals surface area contributed by atoms with Crippen molar-refractivity contribution >= 4 is 22.9 Å². The van der Waals surface area contributed by atoms with Crippen molar-refractivity contribution in [2.75, 3.05) is 5.32 Å². The van der Waals surface area contributed by atoms with Crippen LogP contribution in [0.2, 0.25) is 0 Å². The van der Waals surface area contributed by atoms with Crippen molar-refractivity contribution in [2.24, 2.45) is 0 Å². The van der Waals surface area contributed by atoms with Crippen LogP contribution in [0, 0.1) is 11.3 Å². The first-order valence-corrected chi connectivity index (χ1v) is 9.29. The Morgan fingerprint density at radius 1 is 1.08 bits per heavy atom. The van der Waals surface area contributed by atoms with Crippen LogP contribution < -0.4 is 10.6 Å². The van der Waals surface area contributed by atoms with Crippen molar-refractivity contribution in [3.05, 3.63) is 88.1 Å². The van der Waals surface area contributed by atoms with Crippen LogP contribution in [0.5, 0.6) is 0 Å². The van der Waals surface area contributed by atoms with Gasteiger partial charge in [0.05, 0.1) is 16.5 Å². The van der Waals surface area contributed by atoms with E-state index in [9.17, 15) is 4.79 Å². The quantitative estimate of drug-likeness (QED) is 0.706. The topological polar surface area (TPSA) is 69.5 Å². The smallest absolute Gasteiger partial charge is 0.282 e. The first-order chi connectivity index (χ1) is 12.7. The molecule has 1 heterocycles. The maximum atomic E-state index is 12.6. The molecule has 0 aliphatic heterocycles. The SMILES string of the molecule is C[C@@H]([NH2+][C@@H](c1ccccc1)c1cccs1)C(=O)Nc1ccc(C#N)cc1. The molecule has 0 radical (unpaired) electrons. The van der Waals surface area contributed by atoms with Gasteiger partial charge in [-0.15, -0.1) is 11.3 Å². The minimum atomic E-state index is -0.266. The van der Waals surface area contributed by atoms with Crippen LogP contribution in [0.25, 0.3) is 0 Å². The van der Waals surface area contributed by atoms with Crippen molar-refractivity contribution < 1.29 is 10.1 Å². The van der Waals surface area contributed by atoms with Gasteiger partial charge in [-0.05, 0) is 42.6 Å². The van der Waals surface area contributed by atoms with Crippen LogP contribution in [0.4, 0.5) is 5.69 Å². The van der Waals surface area contributed by atoms with Crippen LogP contribution >= 0.6 is 11.3 Å². The molecule has 0 fully saturated rings. The number of hydrogen-bond acceptors (Lipinski definition) is 3. The molecule has 2 atom stereocenters. The van der Waals surface area contributed by atoms with Crippen molar-refractivity contribution in [1.82, 2.24) is 0 Å². The van der Waals surface area contributed by atoms with Crippen LogP contribution in [0.15, 0.2) is 72.1 Å². The van der Waals surface area contributed by atoms with Gasteiger partial charge in [-0.3, -0.25) is 4.79 Å². The summed E-state index contributed by atoms with van der Waals surface area (Å²) in [5, 5.41) is 15.9. The number of rotatable bonds is 6. The number of nitrogens with two attached hydrogens (primary N) is 1. The fraction of sp³-hybridized carbons (Fsp3) is 0.143. The van der Waals surface area contributed by atoms with Gasteiger partial charge in [-0.1, -0.05) is 36.4 Å². The fourth-order valence-electron chi connectivity index (χ4n) is 2.76. The van der Waals surface area contributed by atoms with E-state index in [0.29, 0.717) is 11.3 Å². The molecular formula is C21H20N3OS+. The normalized spacial score (nSPS) is 12.8. The first-order valence-electron chi connectivity index (χ1n) is 8.41. The van der Waals surface area contributed by atoms with Crippen molar-refractivity contribution in [2.45, 2.75) is 19.0 Å². The number of amides is 1. The molecule has 1 aromatic heterocycles. The highest BCUT2D eigenvalue weighted by molar-refractivity contribution is 7.10. The third-order valence-electron chi connectivity index (χ3n) is 4.18. The van der Waals surface area contributed by atoms with Gasteiger partial charge in [-0.2, -0.15) is 5.26 Å². The van der Waals surface area contributed by atoms with Gasteiger partial charge in [0.2, 0.25) is 0 Å². The van der Waals surface area contributed by atoms with E-state index in [-0.39, 0.29) is 18.0 Å². The third kappa shape index (κ3) is 4.37. The van der Waals surface area contributed by atoms with E-state index in [1.807, 2.05) is 31.2 Å². The number of carbonyl (C=O) groups is 1. The van der Waals surface area contributed by atoms with E-state index >= 15 is 0 Å². The molecule has 0 bridgehead atoms. The lowest BCUT2D eigenvalue weighted by atomic mass is 10.0. The number of nitriles is 1. The molecule has 26 heavy (non-hydrogen) atoms. The Balaban J connectivity index is 1.72. The summed E-state index contributed by atoms with van der Waals surface area (Å²) in [4.78, 5) is 13.8. The van der Waals surface area contributed by atoms with Crippen molar-refractivity contribution in [3.8, 4) is 6.07 Å². The number of carbonyl (C=O) groups excluding carboxylic acids is 1. The maximum Gasteiger partial charge on any atom is 0.282 e. The molecular weight excluding hydrogens is 342 g/mol. The van der Waals surface area contributed by atoms with Gasteiger partial charge < -0.3 is 10.6 Å². The molecule has 0 saturated carbocycles. The van der Waals surface area contributed by atoms with E-state index in [1.54, 1.807) is 35.6 Å². The summed E-state index contributed by atoms with van der Waals surface area (Å²) < 4.78 is 0. The molecule has 130 valence electrons. The zero-order valence-corrected chi connectivity index (χ0v) is 15.2. The van der Waals surface area contributed by atoms with E-state index in [4.69, 9.17) is 5.26 Å². The summed E-state index contributed by atoms with van der Waals surface area (Å²) in [6.45, 7) is 1.91. The Bertz CT molecular complexity index is 883. The molecule has 3 N–H and O–H groups in total. The first kappa shape index (κ1) is 17.9. The summed E-state index contributed by atoms with van der Waals surface area (Å²) >= 11 is 1.69.